The lowest BCUT2D eigenvalue weighted by atomic mass is 10.1. The lowest BCUT2D eigenvalue weighted by Crippen LogP contribution is -2.20. The first-order valence-electron chi connectivity index (χ1n) is 9.17. The normalized spacial score (nSPS) is 21.7. The Morgan fingerprint density at radius 1 is 1.28 bits per heavy atom. The molecule has 4 nitrogen and oxygen atoms in total. The summed E-state index contributed by atoms with van der Waals surface area (Å²) in [7, 11) is 1.88. The van der Waals surface area contributed by atoms with Crippen molar-refractivity contribution in [2.24, 2.45) is 10.9 Å². The summed E-state index contributed by atoms with van der Waals surface area (Å²) >= 11 is 0. The van der Waals surface area contributed by atoms with Crippen molar-refractivity contribution in [3.8, 4) is 0 Å². The van der Waals surface area contributed by atoms with Crippen LogP contribution in [0.2, 0.25) is 0 Å². The first-order valence-corrected chi connectivity index (χ1v) is 9.17. The van der Waals surface area contributed by atoms with Gasteiger partial charge in [-0.15, -0.1) is 0 Å². The lowest BCUT2D eigenvalue weighted by Gasteiger charge is -2.03. The van der Waals surface area contributed by atoms with Crippen molar-refractivity contribution in [2.75, 3.05) is 13.6 Å². The predicted molar refractivity (Wildman–Crippen MR) is 105 cm³/mol. The molecule has 4 heteroatoms. The Bertz CT molecular complexity index is 628. The highest BCUT2D eigenvalue weighted by atomic mass is 16.1. The van der Waals surface area contributed by atoms with E-state index in [2.05, 4.69) is 21.7 Å². The molecule has 25 heavy (non-hydrogen) atoms. The maximum atomic E-state index is 10.7. The van der Waals surface area contributed by atoms with Gasteiger partial charge in [0.2, 0.25) is 0 Å². The van der Waals surface area contributed by atoms with Crippen LogP contribution >= 0.6 is 0 Å². The molecule has 0 bridgehead atoms. The van der Waals surface area contributed by atoms with Crippen molar-refractivity contribution in [1.29, 1.82) is 0 Å². The molecule has 2 aliphatic carbocycles. The molecule has 1 aromatic rings. The summed E-state index contributed by atoms with van der Waals surface area (Å²) in [6.07, 6.45) is 6.79. The molecule has 2 aliphatic rings. The highest BCUT2D eigenvalue weighted by Gasteiger charge is 2.38. The highest BCUT2D eigenvalue weighted by molar-refractivity contribution is 5.79. The molecule has 136 valence electrons. The molecule has 2 N–H and O–H groups in total. The second-order valence-electron chi connectivity index (χ2n) is 7.23. The number of hydrogen-bond acceptors (Lipinski definition) is 4. The third-order valence-corrected chi connectivity index (χ3v) is 4.54. The predicted octanol–water partition coefficient (Wildman–Crippen LogP) is 3.90. The van der Waals surface area contributed by atoms with Crippen molar-refractivity contribution in [3.05, 3.63) is 47.3 Å². The number of allylic oxidation sites excluding steroid dienone is 1. The molecule has 0 heterocycles. The molecule has 2 atom stereocenters. The zero-order valence-corrected chi connectivity index (χ0v) is 15.9. The Kier molecular flexibility index (Phi) is 7.38. The Morgan fingerprint density at radius 3 is 2.64 bits per heavy atom. The van der Waals surface area contributed by atoms with Crippen molar-refractivity contribution in [3.63, 3.8) is 0 Å². The van der Waals surface area contributed by atoms with Gasteiger partial charge in [0.05, 0.1) is 0 Å². The Morgan fingerprint density at radius 2 is 2.04 bits per heavy atom. The zero-order valence-electron chi connectivity index (χ0n) is 15.9. The SMILES string of the molecule is CN/C(C)=C/N=C(C)C.O=Cc1cccc(C2CC2NCC2CC2)c1. The molecular weight excluding hydrogens is 310 g/mol. The van der Waals surface area contributed by atoms with Gasteiger partial charge in [0.15, 0.2) is 0 Å². The minimum Gasteiger partial charge on any atom is -0.390 e. The molecule has 2 unspecified atom stereocenters. The molecule has 1 aromatic carbocycles. The van der Waals surface area contributed by atoms with Gasteiger partial charge in [0, 0.05) is 42.2 Å². The van der Waals surface area contributed by atoms with Crippen LogP contribution in [0.25, 0.3) is 0 Å². The van der Waals surface area contributed by atoms with E-state index >= 15 is 0 Å². The minimum atomic E-state index is 0.638. The average molecular weight is 341 g/mol. The second kappa shape index (κ2) is 9.52. The van der Waals surface area contributed by atoms with E-state index in [4.69, 9.17) is 0 Å². The monoisotopic (exact) mass is 341 g/mol. The summed E-state index contributed by atoms with van der Waals surface area (Å²) < 4.78 is 0. The summed E-state index contributed by atoms with van der Waals surface area (Å²) in [5.41, 5.74) is 4.27. The molecule has 0 aromatic heterocycles. The van der Waals surface area contributed by atoms with E-state index in [-0.39, 0.29) is 0 Å². The summed E-state index contributed by atoms with van der Waals surface area (Å²) in [5.74, 6) is 1.58. The van der Waals surface area contributed by atoms with Crippen molar-refractivity contribution >= 4 is 12.0 Å². The van der Waals surface area contributed by atoms with Gasteiger partial charge in [-0.25, -0.2) is 0 Å². The van der Waals surface area contributed by atoms with E-state index in [1.165, 1.54) is 31.4 Å². The molecule has 0 saturated heterocycles. The van der Waals surface area contributed by atoms with E-state index in [1.54, 1.807) is 0 Å². The van der Waals surface area contributed by atoms with Gasteiger partial charge in [-0.2, -0.15) is 0 Å². The molecule has 2 saturated carbocycles. The van der Waals surface area contributed by atoms with Crippen LogP contribution in [-0.2, 0) is 0 Å². The Hall–Kier alpha value is -1.94. The number of hydrogen-bond donors (Lipinski definition) is 2. The third-order valence-electron chi connectivity index (χ3n) is 4.54. The van der Waals surface area contributed by atoms with E-state index in [9.17, 15) is 4.79 Å². The summed E-state index contributed by atoms with van der Waals surface area (Å²) in [4.78, 5) is 14.8. The van der Waals surface area contributed by atoms with Crippen LogP contribution in [-0.4, -0.2) is 31.6 Å². The van der Waals surface area contributed by atoms with E-state index in [0.29, 0.717) is 12.0 Å². The van der Waals surface area contributed by atoms with Crippen LogP contribution in [0.4, 0.5) is 0 Å². The first-order chi connectivity index (χ1) is 12.0. The average Bonchev–Trinajstić information content (AvgIpc) is 3.52. The number of nitrogens with zero attached hydrogens (tertiary/aromatic N) is 1. The van der Waals surface area contributed by atoms with E-state index in [1.807, 2.05) is 52.2 Å². The zero-order chi connectivity index (χ0) is 18.2. The Labute approximate surface area is 151 Å². The fourth-order valence-corrected chi connectivity index (χ4v) is 2.58. The summed E-state index contributed by atoms with van der Waals surface area (Å²) in [6, 6.07) is 8.66. The van der Waals surface area contributed by atoms with Crippen molar-refractivity contribution in [2.45, 2.75) is 52.0 Å². The first kappa shape index (κ1) is 19.4. The standard InChI is InChI=1S/C14H17NO.C7H14N2/c16-9-11-2-1-3-12(6-11)13-7-14(13)15-8-10-4-5-10;1-6(2)9-5-7(3)8-4/h1-3,6,9-10,13-15H,4-5,7-8H2;5,8H,1-4H3/b;7-5+. The van der Waals surface area contributed by atoms with Crippen LogP contribution in [0.15, 0.2) is 41.2 Å². The highest BCUT2D eigenvalue weighted by Crippen LogP contribution is 2.41. The number of carbonyl (C=O) groups excluding carboxylic acids is 1. The summed E-state index contributed by atoms with van der Waals surface area (Å²) in [6.45, 7) is 7.11. The minimum absolute atomic E-state index is 0.638. The topological polar surface area (TPSA) is 53.5 Å². The van der Waals surface area contributed by atoms with Gasteiger partial charge < -0.3 is 10.6 Å². The van der Waals surface area contributed by atoms with E-state index in [0.717, 1.165) is 29.2 Å². The summed E-state index contributed by atoms with van der Waals surface area (Å²) in [5, 5.41) is 6.59. The van der Waals surface area contributed by atoms with Gasteiger partial charge in [-0.1, -0.05) is 18.2 Å². The van der Waals surface area contributed by atoms with Gasteiger partial charge in [0.25, 0.3) is 0 Å². The van der Waals surface area contributed by atoms with Gasteiger partial charge in [-0.05, 0) is 64.1 Å². The molecule has 0 aliphatic heterocycles. The molecular formula is C21H31N3O. The van der Waals surface area contributed by atoms with E-state index < -0.39 is 0 Å². The van der Waals surface area contributed by atoms with Gasteiger partial charge in [0.1, 0.15) is 6.29 Å². The third kappa shape index (κ3) is 7.22. The molecule has 0 radical (unpaired) electrons. The molecule has 0 amide bonds. The quantitative estimate of drug-likeness (QED) is 0.584. The number of rotatable bonds is 7. The number of aliphatic imine (C=N–C) groups is 1. The largest absolute Gasteiger partial charge is 0.390 e. The number of aldehydes is 1. The lowest BCUT2D eigenvalue weighted by molar-refractivity contribution is 0.112. The number of benzene rings is 1. The van der Waals surface area contributed by atoms with Gasteiger partial charge >= 0.3 is 0 Å². The maximum absolute atomic E-state index is 10.7. The van der Waals surface area contributed by atoms with Crippen LogP contribution < -0.4 is 10.6 Å². The fraction of sp³-hybridized carbons (Fsp3) is 0.524. The Balaban J connectivity index is 0.000000217. The maximum Gasteiger partial charge on any atom is 0.150 e. The fourth-order valence-electron chi connectivity index (χ4n) is 2.58. The number of carbonyl (C=O) groups is 1. The smallest absolute Gasteiger partial charge is 0.150 e. The van der Waals surface area contributed by atoms with Crippen LogP contribution in [0.1, 0.15) is 61.9 Å². The molecule has 0 spiro atoms. The van der Waals surface area contributed by atoms with Crippen LogP contribution in [0, 0.1) is 5.92 Å². The van der Waals surface area contributed by atoms with Crippen LogP contribution in [0.3, 0.4) is 0 Å². The van der Waals surface area contributed by atoms with Crippen molar-refractivity contribution < 1.29 is 4.79 Å². The van der Waals surface area contributed by atoms with Crippen molar-refractivity contribution in [1.82, 2.24) is 10.6 Å². The number of nitrogens with one attached hydrogen (secondary N) is 2. The van der Waals surface area contributed by atoms with Crippen LogP contribution in [0.5, 0.6) is 0 Å². The molecule has 3 rings (SSSR count). The molecule has 2 fully saturated rings. The van der Waals surface area contributed by atoms with Gasteiger partial charge in [-0.3, -0.25) is 9.79 Å². The second-order valence-corrected chi connectivity index (χ2v) is 7.23.